The largest absolute Gasteiger partial charge is 0.377 e. The van der Waals surface area contributed by atoms with Gasteiger partial charge in [-0.2, -0.15) is 0 Å². The van der Waals surface area contributed by atoms with Crippen LogP contribution < -0.4 is 5.32 Å². The van der Waals surface area contributed by atoms with Gasteiger partial charge in [0.1, 0.15) is 0 Å². The summed E-state index contributed by atoms with van der Waals surface area (Å²) in [5.41, 5.74) is 1.50. The van der Waals surface area contributed by atoms with Crippen molar-refractivity contribution in [1.82, 2.24) is 10.2 Å². The Hall–Kier alpha value is -1.69. The first-order chi connectivity index (χ1) is 13.2. The Labute approximate surface area is 165 Å². The molecule has 1 saturated heterocycles. The summed E-state index contributed by atoms with van der Waals surface area (Å²) in [7, 11) is 0. The number of benzene rings is 1. The van der Waals surface area contributed by atoms with Crippen LogP contribution in [0.4, 0.5) is 0 Å². The standard InChI is InChI=1S/C22H28N2O2S/c25-21(23-17-22(10-11-22)18-6-2-1-3-7-18)16-24(14-19-8-4-12-26-19)15-20-9-5-13-27-20/h1-3,5-7,9,13,19H,4,8,10-12,14-17H2,(H,23,25). The Morgan fingerprint density at radius 2 is 2.07 bits per heavy atom. The Kier molecular flexibility index (Phi) is 5.91. The van der Waals surface area contributed by atoms with Crippen molar-refractivity contribution in [3.63, 3.8) is 0 Å². The molecule has 1 N–H and O–H groups in total. The van der Waals surface area contributed by atoms with Crippen LogP contribution in [0.5, 0.6) is 0 Å². The third-order valence-electron chi connectivity index (χ3n) is 5.68. The summed E-state index contributed by atoms with van der Waals surface area (Å²) in [6, 6.07) is 14.8. The van der Waals surface area contributed by atoms with Gasteiger partial charge in [-0.25, -0.2) is 0 Å². The molecule has 4 rings (SSSR count). The highest BCUT2D eigenvalue weighted by atomic mass is 32.1. The van der Waals surface area contributed by atoms with Crippen LogP contribution in [0.15, 0.2) is 47.8 Å². The van der Waals surface area contributed by atoms with Crippen molar-refractivity contribution in [3.05, 3.63) is 58.3 Å². The zero-order valence-electron chi connectivity index (χ0n) is 15.7. The maximum Gasteiger partial charge on any atom is 0.234 e. The van der Waals surface area contributed by atoms with Gasteiger partial charge < -0.3 is 10.1 Å². The van der Waals surface area contributed by atoms with E-state index in [-0.39, 0.29) is 17.4 Å². The fourth-order valence-electron chi connectivity index (χ4n) is 3.92. The zero-order chi connectivity index (χ0) is 18.5. The van der Waals surface area contributed by atoms with Crippen molar-refractivity contribution in [2.75, 3.05) is 26.2 Å². The molecule has 0 spiro atoms. The second-order valence-electron chi connectivity index (χ2n) is 7.81. The fraction of sp³-hybridized carbons (Fsp3) is 0.500. The van der Waals surface area contributed by atoms with Crippen LogP contribution in [-0.2, 0) is 21.5 Å². The van der Waals surface area contributed by atoms with Gasteiger partial charge >= 0.3 is 0 Å². The Morgan fingerprint density at radius 1 is 1.22 bits per heavy atom. The van der Waals surface area contributed by atoms with Crippen molar-refractivity contribution in [2.24, 2.45) is 0 Å². The van der Waals surface area contributed by atoms with Crippen molar-refractivity contribution in [2.45, 2.75) is 43.7 Å². The molecule has 27 heavy (non-hydrogen) atoms. The molecule has 144 valence electrons. The average Bonchev–Trinajstić information content (AvgIpc) is 3.05. The Morgan fingerprint density at radius 3 is 2.74 bits per heavy atom. The van der Waals surface area contributed by atoms with Gasteiger partial charge in [0.05, 0.1) is 12.6 Å². The molecule has 0 radical (unpaired) electrons. The molecule has 2 aromatic rings. The SMILES string of the molecule is O=C(CN(Cc1cccs1)CC1CCCO1)NCC1(c2ccccc2)CC1. The summed E-state index contributed by atoms with van der Waals surface area (Å²) < 4.78 is 5.80. The summed E-state index contributed by atoms with van der Waals surface area (Å²) in [5, 5.41) is 5.29. The minimum absolute atomic E-state index is 0.117. The van der Waals surface area contributed by atoms with Crippen LogP contribution >= 0.6 is 11.3 Å². The minimum Gasteiger partial charge on any atom is -0.377 e. The number of thiophene rings is 1. The number of ether oxygens (including phenoxy) is 1. The van der Waals surface area contributed by atoms with Crippen LogP contribution in [0.1, 0.15) is 36.1 Å². The predicted molar refractivity (Wildman–Crippen MR) is 109 cm³/mol. The first-order valence-electron chi connectivity index (χ1n) is 9.92. The summed E-state index contributed by atoms with van der Waals surface area (Å²) in [6.07, 6.45) is 4.80. The molecule has 1 aliphatic carbocycles. The topological polar surface area (TPSA) is 41.6 Å². The summed E-state index contributed by atoms with van der Waals surface area (Å²) >= 11 is 1.75. The lowest BCUT2D eigenvalue weighted by molar-refractivity contribution is -0.122. The fourth-order valence-corrected chi connectivity index (χ4v) is 4.67. The monoisotopic (exact) mass is 384 g/mol. The number of hydrogen-bond donors (Lipinski definition) is 1. The average molecular weight is 385 g/mol. The normalized spacial score (nSPS) is 20.7. The number of hydrogen-bond acceptors (Lipinski definition) is 4. The van der Waals surface area contributed by atoms with E-state index in [1.165, 1.54) is 10.4 Å². The molecule has 0 bridgehead atoms. The molecule has 1 amide bonds. The van der Waals surface area contributed by atoms with Gasteiger partial charge in [-0.05, 0) is 42.7 Å². The Bertz CT molecular complexity index is 722. The molecule has 5 heteroatoms. The van der Waals surface area contributed by atoms with Gasteiger partial charge in [0, 0.05) is 36.5 Å². The lowest BCUT2D eigenvalue weighted by Crippen LogP contribution is -2.42. The van der Waals surface area contributed by atoms with Gasteiger partial charge in [-0.3, -0.25) is 9.69 Å². The minimum atomic E-state index is 0.117. The highest BCUT2D eigenvalue weighted by Crippen LogP contribution is 2.47. The highest BCUT2D eigenvalue weighted by molar-refractivity contribution is 7.09. The van der Waals surface area contributed by atoms with Gasteiger partial charge in [0.15, 0.2) is 0 Å². The number of rotatable bonds is 9. The molecule has 1 unspecified atom stereocenters. The van der Waals surface area contributed by atoms with E-state index in [4.69, 9.17) is 4.74 Å². The van der Waals surface area contributed by atoms with E-state index < -0.39 is 0 Å². The molecule has 2 fully saturated rings. The van der Waals surface area contributed by atoms with E-state index in [0.717, 1.165) is 51.9 Å². The zero-order valence-corrected chi connectivity index (χ0v) is 16.5. The van der Waals surface area contributed by atoms with E-state index in [0.29, 0.717) is 6.54 Å². The first-order valence-corrected chi connectivity index (χ1v) is 10.8. The number of carbonyl (C=O) groups is 1. The van der Waals surface area contributed by atoms with Crippen LogP contribution in [0.2, 0.25) is 0 Å². The molecule has 1 saturated carbocycles. The number of carbonyl (C=O) groups excluding carboxylic acids is 1. The van der Waals surface area contributed by atoms with E-state index in [1.807, 2.05) is 6.07 Å². The second-order valence-corrected chi connectivity index (χ2v) is 8.84. The van der Waals surface area contributed by atoms with E-state index in [1.54, 1.807) is 11.3 Å². The molecule has 1 aliphatic heterocycles. The maximum absolute atomic E-state index is 12.7. The van der Waals surface area contributed by atoms with Gasteiger partial charge in [0.25, 0.3) is 0 Å². The van der Waals surface area contributed by atoms with Gasteiger partial charge in [-0.15, -0.1) is 11.3 Å². The predicted octanol–water partition coefficient (Wildman–Crippen LogP) is 3.58. The third kappa shape index (κ3) is 4.98. The number of nitrogens with one attached hydrogen (secondary N) is 1. The third-order valence-corrected chi connectivity index (χ3v) is 6.54. The number of amides is 1. The van der Waals surface area contributed by atoms with Crippen molar-refractivity contribution in [3.8, 4) is 0 Å². The number of nitrogens with zero attached hydrogens (tertiary/aromatic N) is 1. The van der Waals surface area contributed by atoms with Crippen LogP contribution in [0.3, 0.4) is 0 Å². The molecular weight excluding hydrogens is 356 g/mol. The molecule has 1 aromatic carbocycles. The van der Waals surface area contributed by atoms with Crippen molar-refractivity contribution < 1.29 is 9.53 Å². The highest BCUT2D eigenvalue weighted by Gasteiger charge is 2.44. The lowest BCUT2D eigenvalue weighted by atomic mass is 9.96. The van der Waals surface area contributed by atoms with Crippen LogP contribution in [0.25, 0.3) is 0 Å². The van der Waals surface area contributed by atoms with Crippen molar-refractivity contribution in [1.29, 1.82) is 0 Å². The lowest BCUT2D eigenvalue weighted by Gasteiger charge is -2.25. The van der Waals surface area contributed by atoms with Crippen molar-refractivity contribution >= 4 is 17.2 Å². The second kappa shape index (κ2) is 8.55. The van der Waals surface area contributed by atoms with Crippen LogP contribution in [0, 0.1) is 0 Å². The van der Waals surface area contributed by atoms with E-state index in [9.17, 15) is 4.79 Å². The molecule has 1 atom stereocenters. The van der Waals surface area contributed by atoms with E-state index >= 15 is 0 Å². The van der Waals surface area contributed by atoms with Gasteiger partial charge in [-0.1, -0.05) is 36.4 Å². The molecule has 1 aromatic heterocycles. The maximum atomic E-state index is 12.7. The molecule has 2 heterocycles. The molecule has 4 nitrogen and oxygen atoms in total. The van der Waals surface area contributed by atoms with Crippen LogP contribution in [-0.4, -0.2) is 43.2 Å². The quantitative estimate of drug-likeness (QED) is 0.719. The summed E-state index contributed by atoms with van der Waals surface area (Å²) in [6.45, 7) is 3.67. The van der Waals surface area contributed by atoms with E-state index in [2.05, 4.69) is 52.0 Å². The molecule has 2 aliphatic rings. The smallest absolute Gasteiger partial charge is 0.234 e. The molecular formula is C22H28N2O2S. The first kappa shape index (κ1) is 18.7. The van der Waals surface area contributed by atoms with Gasteiger partial charge in [0.2, 0.25) is 5.91 Å². The Balaban J connectivity index is 1.32. The summed E-state index contributed by atoms with van der Waals surface area (Å²) in [5.74, 6) is 0.117. The summed E-state index contributed by atoms with van der Waals surface area (Å²) in [4.78, 5) is 16.2.